The van der Waals surface area contributed by atoms with Gasteiger partial charge in [-0.15, -0.1) is 0 Å². The number of carbonyl (C=O) groups is 2. The number of carbonyl (C=O) groups excluding carboxylic acids is 1. The maximum absolute atomic E-state index is 12.3. The molecule has 0 aliphatic rings. The SMILES string of the molecule is CCc1ccc(NC(=O)/C(C#N)=C/c2cccc(OCCC(=O)O)c2)cc1. The molecule has 0 saturated carbocycles. The van der Waals surface area contributed by atoms with Crippen molar-refractivity contribution in [3.63, 3.8) is 0 Å². The van der Waals surface area contributed by atoms with E-state index in [2.05, 4.69) is 5.32 Å². The number of aliphatic carboxylic acids is 1. The van der Waals surface area contributed by atoms with Crippen molar-refractivity contribution in [2.75, 3.05) is 11.9 Å². The molecule has 6 nitrogen and oxygen atoms in total. The molecular weight excluding hydrogens is 344 g/mol. The lowest BCUT2D eigenvalue weighted by Gasteiger charge is -2.07. The molecule has 0 bridgehead atoms. The molecule has 0 aromatic heterocycles. The van der Waals surface area contributed by atoms with Crippen molar-refractivity contribution in [3.05, 3.63) is 65.2 Å². The van der Waals surface area contributed by atoms with Crippen molar-refractivity contribution >= 4 is 23.6 Å². The summed E-state index contributed by atoms with van der Waals surface area (Å²) >= 11 is 0. The van der Waals surface area contributed by atoms with Crippen LogP contribution in [0.4, 0.5) is 5.69 Å². The number of rotatable bonds is 8. The first-order chi connectivity index (χ1) is 13.0. The van der Waals surface area contributed by atoms with E-state index >= 15 is 0 Å². The van der Waals surface area contributed by atoms with Gasteiger partial charge < -0.3 is 15.2 Å². The first-order valence-electron chi connectivity index (χ1n) is 8.48. The van der Waals surface area contributed by atoms with E-state index < -0.39 is 11.9 Å². The smallest absolute Gasteiger partial charge is 0.306 e. The largest absolute Gasteiger partial charge is 0.493 e. The average Bonchev–Trinajstić information content (AvgIpc) is 2.66. The van der Waals surface area contributed by atoms with Gasteiger partial charge in [0.05, 0.1) is 13.0 Å². The summed E-state index contributed by atoms with van der Waals surface area (Å²) in [5.41, 5.74) is 2.33. The molecule has 0 aliphatic carbocycles. The van der Waals surface area contributed by atoms with Gasteiger partial charge >= 0.3 is 5.97 Å². The van der Waals surface area contributed by atoms with Crippen LogP contribution in [0.5, 0.6) is 5.75 Å². The predicted molar refractivity (Wildman–Crippen MR) is 102 cm³/mol. The Kier molecular flexibility index (Phi) is 7.15. The molecule has 0 unspecified atom stereocenters. The van der Waals surface area contributed by atoms with Gasteiger partial charge in [0.2, 0.25) is 0 Å². The van der Waals surface area contributed by atoms with Crippen LogP contribution in [-0.4, -0.2) is 23.6 Å². The van der Waals surface area contributed by atoms with E-state index in [1.54, 1.807) is 36.4 Å². The molecule has 0 radical (unpaired) electrons. The lowest BCUT2D eigenvalue weighted by Crippen LogP contribution is -2.13. The average molecular weight is 364 g/mol. The minimum Gasteiger partial charge on any atom is -0.493 e. The highest BCUT2D eigenvalue weighted by molar-refractivity contribution is 6.09. The van der Waals surface area contributed by atoms with Crippen LogP contribution in [0.1, 0.15) is 24.5 Å². The van der Waals surface area contributed by atoms with Crippen LogP contribution in [0.2, 0.25) is 0 Å². The minimum atomic E-state index is -0.943. The van der Waals surface area contributed by atoms with Crippen molar-refractivity contribution in [3.8, 4) is 11.8 Å². The van der Waals surface area contributed by atoms with Gasteiger partial charge in [-0.2, -0.15) is 5.26 Å². The molecule has 0 saturated heterocycles. The molecule has 2 aromatic rings. The monoisotopic (exact) mass is 364 g/mol. The standard InChI is InChI=1S/C21H20N2O4/c1-2-15-6-8-18(9-7-15)23-21(26)17(14-22)12-16-4-3-5-19(13-16)27-11-10-20(24)25/h3-9,12-13H,2,10-11H2,1H3,(H,23,26)(H,24,25)/b17-12+. The van der Waals surface area contributed by atoms with Gasteiger partial charge in [-0.3, -0.25) is 9.59 Å². The minimum absolute atomic E-state index is 0.0435. The van der Waals surface area contributed by atoms with Gasteiger partial charge in [-0.05, 0) is 47.9 Å². The number of nitrogens with zero attached hydrogens (tertiary/aromatic N) is 1. The van der Waals surface area contributed by atoms with Gasteiger partial charge in [0.1, 0.15) is 17.4 Å². The van der Waals surface area contributed by atoms with Gasteiger partial charge in [0.15, 0.2) is 0 Å². The molecule has 0 aliphatic heterocycles. The highest BCUT2D eigenvalue weighted by atomic mass is 16.5. The van der Waals surface area contributed by atoms with E-state index in [1.165, 1.54) is 6.08 Å². The number of benzene rings is 2. The number of amides is 1. The fourth-order valence-electron chi connectivity index (χ4n) is 2.29. The molecule has 27 heavy (non-hydrogen) atoms. The van der Waals surface area contributed by atoms with Crippen molar-refractivity contribution in [2.45, 2.75) is 19.8 Å². The molecule has 0 atom stereocenters. The zero-order chi connectivity index (χ0) is 19.6. The van der Waals surface area contributed by atoms with Crippen LogP contribution < -0.4 is 10.1 Å². The number of nitriles is 1. The zero-order valence-electron chi connectivity index (χ0n) is 14.9. The second-order valence-electron chi connectivity index (χ2n) is 5.74. The number of carboxylic acid groups (broad SMARTS) is 1. The molecule has 0 fully saturated rings. The Labute approximate surface area is 157 Å². The van der Waals surface area contributed by atoms with E-state index in [4.69, 9.17) is 9.84 Å². The molecule has 6 heteroatoms. The summed E-state index contributed by atoms with van der Waals surface area (Å²) in [5.74, 6) is -0.974. The number of anilines is 1. The fourth-order valence-corrected chi connectivity index (χ4v) is 2.29. The van der Waals surface area contributed by atoms with Crippen LogP contribution in [0, 0.1) is 11.3 Å². The third-order valence-corrected chi connectivity index (χ3v) is 3.74. The van der Waals surface area contributed by atoms with Crippen LogP contribution in [0.25, 0.3) is 6.08 Å². The lowest BCUT2D eigenvalue weighted by molar-refractivity contribution is -0.137. The third kappa shape index (κ3) is 6.33. The normalized spacial score (nSPS) is 10.7. The molecule has 0 heterocycles. The molecule has 2 N–H and O–H groups in total. The second-order valence-corrected chi connectivity index (χ2v) is 5.74. The summed E-state index contributed by atoms with van der Waals surface area (Å²) in [6, 6.07) is 16.1. The zero-order valence-corrected chi connectivity index (χ0v) is 14.9. The molecule has 0 spiro atoms. The summed E-state index contributed by atoms with van der Waals surface area (Å²) in [4.78, 5) is 22.9. The lowest BCUT2D eigenvalue weighted by atomic mass is 10.1. The number of nitrogens with one attached hydrogen (secondary N) is 1. The molecule has 1 amide bonds. The van der Waals surface area contributed by atoms with Crippen LogP contribution >= 0.6 is 0 Å². The van der Waals surface area contributed by atoms with E-state index in [0.717, 1.165) is 12.0 Å². The van der Waals surface area contributed by atoms with E-state index in [9.17, 15) is 14.9 Å². The summed E-state index contributed by atoms with van der Waals surface area (Å²) in [6.07, 6.45) is 2.25. The topological polar surface area (TPSA) is 99.4 Å². The Morgan fingerprint density at radius 2 is 1.96 bits per heavy atom. The van der Waals surface area contributed by atoms with Crippen LogP contribution in [-0.2, 0) is 16.0 Å². The molecular formula is C21H20N2O4. The van der Waals surface area contributed by atoms with Crippen molar-refractivity contribution < 1.29 is 19.4 Å². The summed E-state index contributed by atoms with van der Waals surface area (Å²) < 4.78 is 5.36. The van der Waals surface area contributed by atoms with Gasteiger partial charge in [-0.1, -0.05) is 31.2 Å². The Bertz CT molecular complexity index is 880. The fraction of sp³-hybridized carbons (Fsp3) is 0.190. The van der Waals surface area contributed by atoms with Crippen molar-refractivity contribution in [1.29, 1.82) is 5.26 Å². The maximum atomic E-state index is 12.3. The molecule has 2 rings (SSSR count). The number of aryl methyl sites for hydroxylation is 1. The molecule has 138 valence electrons. The summed E-state index contributed by atoms with van der Waals surface area (Å²) in [6.45, 7) is 2.09. The first kappa shape index (κ1) is 19.7. The summed E-state index contributed by atoms with van der Waals surface area (Å²) in [7, 11) is 0. The van der Waals surface area contributed by atoms with Gasteiger partial charge in [0, 0.05) is 5.69 Å². The number of ether oxygens (including phenoxy) is 1. The predicted octanol–water partition coefficient (Wildman–Crippen LogP) is 3.65. The van der Waals surface area contributed by atoms with Gasteiger partial charge in [0.25, 0.3) is 5.91 Å². The number of hydrogen-bond acceptors (Lipinski definition) is 4. The Morgan fingerprint density at radius 3 is 2.59 bits per heavy atom. The van der Waals surface area contributed by atoms with Crippen LogP contribution in [0.15, 0.2) is 54.1 Å². The quantitative estimate of drug-likeness (QED) is 0.550. The highest BCUT2D eigenvalue weighted by Gasteiger charge is 2.10. The summed E-state index contributed by atoms with van der Waals surface area (Å²) in [5, 5.41) is 20.7. The van der Waals surface area contributed by atoms with E-state index in [1.807, 2.05) is 25.1 Å². The second kappa shape index (κ2) is 9.78. The molecule has 2 aromatic carbocycles. The van der Waals surface area contributed by atoms with Crippen molar-refractivity contribution in [2.24, 2.45) is 0 Å². The Balaban J connectivity index is 2.08. The Hall–Kier alpha value is -3.59. The van der Waals surface area contributed by atoms with E-state index in [0.29, 0.717) is 17.0 Å². The highest BCUT2D eigenvalue weighted by Crippen LogP contribution is 2.17. The number of carboxylic acids is 1. The van der Waals surface area contributed by atoms with Crippen molar-refractivity contribution in [1.82, 2.24) is 0 Å². The maximum Gasteiger partial charge on any atom is 0.306 e. The Morgan fingerprint density at radius 1 is 1.22 bits per heavy atom. The van der Waals surface area contributed by atoms with Gasteiger partial charge in [-0.25, -0.2) is 0 Å². The third-order valence-electron chi connectivity index (χ3n) is 3.74. The first-order valence-corrected chi connectivity index (χ1v) is 8.48. The van der Waals surface area contributed by atoms with E-state index in [-0.39, 0.29) is 18.6 Å². The van der Waals surface area contributed by atoms with Crippen LogP contribution in [0.3, 0.4) is 0 Å². The number of hydrogen-bond donors (Lipinski definition) is 2.